The zero-order valence-electron chi connectivity index (χ0n) is 10.4. The number of nitrogens with zero attached hydrogens (tertiary/aromatic N) is 1. The fourth-order valence-corrected chi connectivity index (χ4v) is 2.49. The summed E-state index contributed by atoms with van der Waals surface area (Å²) in [5.74, 6) is 0.922. The predicted octanol–water partition coefficient (Wildman–Crippen LogP) is 3.30. The summed E-state index contributed by atoms with van der Waals surface area (Å²) in [4.78, 5) is 7.18. The molecule has 0 saturated carbocycles. The molecule has 0 fully saturated rings. The highest BCUT2D eigenvalue weighted by atomic mass is 16.5. The van der Waals surface area contributed by atoms with E-state index in [-0.39, 0.29) is 0 Å². The Kier molecular flexibility index (Phi) is 2.89. The van der Waals surface area contributed by atoms with E-state index in [0.717, 1.165) is 24.3 Å². The Bertz CT molecular complexity index is 570. The van der Waals surface area contributed by atoms with E-state index in [2.05, 4.69) is 28.2 Å². The minimum absolute atomic E-state index is 0.922. The van der Waals surface area contributed by atoms with Crippen LogP contribution in [0.15, 0.2) is 30.7 Å². The molecule has 18 heavy (non-hydrogen) atoms. The van der Waals surface area contributed by atoms with Gasteiger partial charge in [-0.25, -0.2) is 4.98 Å². The molecule has 92 valence electrons. The summed E-state index contributed by atoms with van der Waals surface area (Å²) in [7, 11) is 1.71. The van der Waals surface area contributed by atoms with Crippen LogP contribution < -0.4 is 4.74 Å². The number of fused-ring (bicyclic) bond motifs is 1. The summed E-state index contributed by atoms with van der Waals surface area (Å²) in [6.45, 7) is 0. The molecule has 3 heteroatoms. The third-order valence-electron chi connectivity index (χ3n) is 3.40. The van der Waals surface area contributed by atoms with E-state index in [1.165, 1.54) is 23.1 Å². The molecule has 1 aliphatic carbocycles. The Morgan fingerprint density at radius 3 is 3.06 bits per heavy atom. The van der Waals surface area contributed by atoms with E-state index in [1.54, 1.807) is 13.4 Å². The zero-order chi connectivity index (χ0) is 12.4. The smallest absolute Gasteiger partial charge is 0.119 e. The number of benzene rings is 1. The summed E-state index contributed by atoms with van der Waals surface area (Å²) in [6.07, 6.45) is 9.21. The van der Waals surface area contributed by atoms with E-state index in [1.807, 2.05) is 12.3 Å². The summed E-state index contributed by atoms with van der Waals surface area (Å²) in [5.41, 5.74) is 5.14. The number of ether oxygens (including phenoxy) is 1. The van der Waals surface area contributed by atoms with Crippen LogP contribution in [0, 0.1) is 0 Å². The van der Waals surface area contributed by atoms with E-state index in [0.29, 0.717) is 0 Å². The van der Waals surface area contributed by atoms with Gasteiger partial charge in [-0.2, -0.15) is 0 Å². The Balaban J connectivity index is 2.05. The number of aromatic amines is 1. The minimum Gasteiger partial charge on any atom is -0.497 e. The Morgan fingerprint density at radius 2 is 2.28 bits per heavy atom. The van der Waals surface area contributed by atoms with Crippen molar-refractivity contribution in [1.82, 2.24) is 9.97 Å². The molecule has 3 rings (SSSR count). The summed E-state index contributed by atoms with van der Waals surface area (Å²) < 4.78 is 5.32. The molecular weight excluding hydrogens is 224 g/mol. The Hall–Kier alpha value is -2.03. The van der Waals surface area contributed by atoms with Crippen LogP contribution in [0.1, 0.15) is 29.7 Å². The van der Waals surface area contributed by atoms with Crippen LogP contribution in [0.5, 0.6) is 5.75 Å². The van der Waals surface area contributed by atoms with Gasteiger partial charge in [0.2, 0.25) is 0 Å². The van der Waals surface area contributed by atoms with Crippen LogP contribution in [0.2, 0.25) is 0 Å². The van der Waals surface area contributed by atoms with E-state index in [9.17, 15) is 0 Å². The molecule has 0 spiro atoms. The second kappa shape index (κ2) is 4.69. The van der Waals surface area contributed by atoms with Crippen LogP contribution in [0.3, 0.4) is 0 Å². The van der Waals surface area contributed by atoms with Gasteiger partial charge in [-0.3, -0.25) is 0 Å². The molecule has 1 aromatic carbocycles. The summed E-state index contributed by atoms with van der Waals surface area (Å²) in [5, 5.41) is 0. The number of aromatic nitrogens is 2. The highest BCUT2D eigenvalue weighted by Gasteiger charge is 2.14. The molecule has 1 aromatic heterocycles. The number of H-pyrrole nitrogens is 1. The number of nitrogens with one attached hydrogen (secondary N) is 1. The third-order valence-corrected chi connectivity index (χ3v) is 3.40. The van der Waals surface area contributed by atoms with Gasteiger partial charge >= 0.3 is 0 Å². The zero-order valence-corrected chi connectivity index (χ0v) is 10.4. The van der Waals surface area contributed by atoms with Crippen LogP contribution in [0.4, 0.5) is 0 Å². The maximum Gasteiger partial charge on any atom is 0.119 e. The lowest BCUT2D eigenvalue weighted by Gasteiger charge is -2.19. The molecule has 2 aromatic rings. The van der Waals surface area contributed by atoms with E-state index >= 15 is 0 Å². The molecule has 0 amide bonds. The number of hydrogen-bond acceptors (Lipinski definition) is 2. The van der Waals surface area contributed by atoms with Gasteiger partial charge in [-0.15, -0.1) is 0 Å². The number of hydrogen-bond donors (Lipinski definition) is 1. The lowest BCUT2D eigenvalue weighted by atomic mass is 9.87. The molecule has 3 nitrogen and oxygen atoms in total. The topological polar surface area (TPSA) is 37.9 Å². The summed E-state index contributed by atoms with van der Waals surface area (Å²) in [6, 6.07) is 6.35. The van der Waals surface area contributed by atoms with Gasteiger partial charge in [0.15, 0.2) is 0 Å². The van der Waals surface area contributed by atoms with Crippen molar-refractivity contribution in [2.24, 2.45) is 0 Å². The second-order valence-corrected chi connectivity index (χ2v) is 4.55. The van der Waals surface area contributed by atoms with Crippen LogP contribution >= 0.6 is 0 Å². The lowest BCUT2D eigenvalue weighted by molar-refractivity contribution is 0.414. The first kappa shape index (κ1) is 11.1. The van der Waals surface area contributed by atoms with Crippen molar-refractivity contribution in [2.45, 2.75) is 19.3 Å². The highest BCUT2D eigenvalue weighted by molar-refractivity contribution is 5.83. The molecule has 0 aliphatic heterocycles. The van der Waals surface area contributed by atoms with Crippen molar-refractivity contribution in [2.75, 3.05) is 7.11 Å². The lowest BCUT2D eigenvalue weighted by Crippen LogP contribution is -2.02. The van der Waals surface area contributed by atoms with Gasteiger partial charge in [-0.05, 0) is 54.2 Å². The number of aryl methyl sites for hydroxylation is 1. The highest BCUT2D eigenvalue weighted by Crippen LogP contribution is 2.34. The standard InChI is InChI=1S/C15H16N2O/c1-18-14-6-5-11-3-2-4-12(15(11)8-14)7-13-9-16-10-17-13/h5-10H,2-4H2,1H3,(H,16,17). The number of rotatable bonds is 2. The number of methoxy groups -OCH3 is 1. The number of imidazole rings is 1. The van der Waals surface area contributed by atoms with Gasteiger partial charge in [0.05, 0.1) is 25.3 Å². The van der Waals surface area contributed by atoms with E-state index in [4.69, 9.17) is 4.74 Å². The van der Waals surface area contributed by atoms with Crippen molar-refractivity contribution in [3.63, 3.8) is 0 Å². The van der Waals surface area contributed by atoms with Crippen molar-refractivity contribution in [1.29, 1.82) is 0 Å². The summed E-state index contributed by atoms with van der Waals surface area (Å²) >= 11 is 0. The molecule has 1 aliphatic rings. The van der Waals surface area contributed by atoms with Gasteiger partial charge in [0.25, 0.3) is 0 Å². The molecule has 1 N–H and O–H groups in total. The van der Waals surface area contributed by atoms with Gasteiger partial charge < -0.3 is 9.72 Å². The van der Waals surface area contributed by atoms with Crippen LogP contribution in [0.25, 0.3) is 11.6 Å². The second-order valence-electron chi connectivity index (χ2n) is 4.55. The molecule has 0 radical (unpaired) electrons. The average Bonchev–Trinajstić information content (AvgIpc) is 2.91. The molecule has 0 bridgehead atoms. The maximum absolute atomic E-state index is 5.32. The molecule has 1 heterocycles. The van der Waals surface area contributed by atoms with Crippen LogP contribution in [-0.2, 0) is 6.42 Å². The third kappa shape index (κ3) is 2.04. The normalized spacial score (nSPS) is 16.6. The fourth-order valence-electron chi connectivity index (χ4n) is 2.49. The van der Waals surface area contributed by atoms with Crippen molar-refractivity contribution < 1.29 is 4.74 Å². The first-order valence-corrected chi connectivity index (χ1v) is 6.23. The van der Waals surface area contributed by atoms with Crippen molar-refractivity contribution >= 4 is 11.6 Å². The largest absolute Gasteiger partial charge is 0.497 e. The van der Waals surface area contributed by atoms with Gasteiger partial charge in [0, 0.05) is 0 Å². The van der Waals surface area contributed by atoms with Gasteiger partial charge in [-0.1, -0.05) is 6.07 Å². The molecule has 0 atom stereocenters. The minimum atomic E-state index is 0.922. The monoisotopic (exact) mass is 240 g/mol. The van der Waals surface area contributed by atoms with Crippen LogP contribution in [-0.4, -0.2) is 17.1 Å². The molecule has 0 unspecified atom stereocenters. The molecule has 0 saturated heterocycles. The SMILES string of the molecule is COc1ccc2c(c1)C(=Cc1cnc[nH]1)CCC2. The first-order valence-electron chi connectivity index (χ1n) is 6.23. The Labute approximate surface area is 107 Å². The van der Waals surface area contributed by atoms with E-state index < -0.39 is 0 Å². The quantitative estimate of drug-likeness (QED) is 0.874. The van der Waals surface area contributed by atoms with Crippen molar-refractivity contribution in [3.05, 3.63) is 47.5 Å². The van der Waals surface area contributed by atoms with Gasteiger partial charge in [0.1, 0.15) is 5.75 Å². The maximum atomic E-state index is 5.32. The first-order chi connectivity index (χ1) is 8.86. The van der Waals surface area contributed by atoms with Crippen molar-refractivity contribution in [3.8, 4) is 5.75 Å². The Morgan fingerprint density at radius 1 is 1.33 bits per heavy atom. The average molecular weight is 240 g/mol. The number of allylic oxidation sites excluding steroid dienone is 1. The fraction of sp³-hybridized carbons (Fsp3) is 0.267. The molecular formula is C15H16N2O. The predicted molar refractivity (Wildman–Crippen MR) is 72.4 cm³/mol.